The largest absolute Gasteiger partial charge is 0.507 e. The molecule has 0 aliphatic heterocycles. The van der Waals surface area contributed by atoms with Crippen molar-refractivity contribution in [3.63, 3.8) is 0 Å². The van der Waals surface area contributed by atoms with Crippen LogP contribution in [0.5, 0.6) is 11.5 Å². The van der Waals surface area contributed by atoms with E-state index in [9.17, 15) is 9.90 Å². The topological polar surface area (TPSA) is 49.8 Å². The second-order valence-electron chi connectivity index (χ2n) is 6.12. The van der Waals surface area contributed by atoms with Crippen LogP contribution in [0.2, 0.25) is 0 Å². The van der Waals surface area contributed by atoms with Crippen LogP contribution in [0.3, 0.4) is 0 Å². The molecule has 0 heterocycles. The average Bonchev–Trinajstić information content (AvgIpc) is 2.66. The van der Waals surface area contributed by atoms with Gasteiger partial charge >= 0.3 is 0 Å². The van der Waals surface area contributed by atoms with E-state index in [2.05, 4.69) is 6.58 Å². The molecule has 4 heteroatoms. The van der Waals surface area contributed by atoms with Crippen molar-refractivity contribution >= 4 is 16.7 Å². The fourth-order valence-electron chi connectivity index (χ4n) is 2.80. The number of benzene rings is 3. The highest BCUT2D eigenvalue weighted by molar-refractivity contribution is 6.01. The summed E-state index contributed by atoms with van der Waals surface area (Å²) in [4.78, 5) is 14.3. The summed E-state index contributed by atoms with van der Waals surface area (Å²) in [5.74, 6) is 0.531. The first-order valence-corrected chi connectivity index (χ1v) is 8.38. The summed E-state index contributed by atoms with van der Waals surface area (Å²) in [6.07, 6.45) is 1.69. The van der Waals surface area contributed by atoms with E-state index in [4.69, 9.17) is 4.74 Å². The molecular weight excluding hydrogens is 326 g/mol. The molecule has 1 N–H and O–H groups in total. The molecule has 0 saturated heterocycles. The van der Waals surface area contributed by atoms with Crippen LogP contribution in [0, 0.1) is 0 Å². The van der Waals surface area contributed by atoms with Gasteiger partial charge in [0.15, 0.2) is 0 Å². The zero-order valence-electron chi connectivity index (χ0n) is 14.7. The van der Waals surface area contributed by atoms with Gasteiger partial charge in [0.25, 0.3) is 5.91 Å². The summed E-state index contributed by atoms with van der Waals surface area (Å²) in [7, 11) is 1.72. The van der Waals surface area contributed by atoms with E-state index in [-0.39, 0.29) is 11.7 Å². The minimum atomic E-state index is -0.222. The van der Waals surface area contributed by atoms with Crippen LogP contribution >= 0.6 is 0 Å². The lowest BCUT2D eigenvalue weighted by Crippen LogP contribution is -2.26. The van der Waals surface area contributed by atoms with Gasteiger partial charge in [-0.25, -0.2) is 0 Å². The van der Waals surface area contributed by atoms with Crippen molar-refractivity contribution in [1.82, 2.24) is 4.90 Å². The molecule has 0 bridgehead atoms. The van der Waals surface area contributed by atoms with Crippen molar-refractivity contribution in [3.8, 4) is 11.5 Å². The number of aromatic hydroxyl groups is 1. The number of carbonyl (C=O) groups is 1. The first kappa shape index (κ1) is 17.5. The Kier molecular flexibility index (Phi) is 5.23. The Bertz CT molecular complexity index is 932. The minimum Gasteiger partial charge on any atom is -0.507 e. The van der Waals surface area contributed by atoms with Crippen molar-refractivity contribution in [1.29, 1.82) is 0 Å². The van der Waals surface area contributed by atoms with Gasteiger partial charge in [-0.3, -0.25) is 4.79 Å². The van der Waals surface area contributed by atoms with Crippen LogP contribution in [0.25, 0.3) is 10.8 Å². The molecule has 3 aromatic rings. The fourth-order valence-corrected chi connectivity index (χ4v) is 2.80. The molecule has 0 aliphatic carbocycles. The molecule has 0 fully saturated rings. The first-order chi connectivity index (χ1) is 12.6. The summed E-state index contributed by atoms with van der Waals surface area (Å²) in [6, 6.07) is 18.6. The third-order valence-corrected chi connectivity index (χ3v) is 4.15. The van der Waals surface area contributed by atoms with Crippen LogP contribution < -0.4 is 4.74 Å². The number of hydrogen-bond donors (Lipinski definition) is 1. The highest BCUT2D eigenvalue weighted by Crippen LogP contribution is 2.26. The summed E-state index contributed by atoms with van der Waals surface area (Å²) in [5, 5.41) is 12.1. The summed E-state index contributed by atoms with van der Waals surface area (Å²) in [5.41, 5.74) is 1.28. The van der Waals surface area contributed by atoms with Gasteiger partial charge in [0, 0.05) is 13.6 Å². The second kappa shape index (κ2) is 7.74. The minimum absolute atomic E-state index is 0.00581. The summed E-state index contributed by atoms with van der Waals surface area (Å²) < 4.78 is 5.46. The van der Waals surface area contributed by atoms with E-state index >= 15 is 0 Å². The predicted molar refractivity (Wildman–Crippen MR) is 104 cm³/mol. The Morgan fingerprint density at radius 2 is 1.77 bits per heavy atom. The maximum Gasteiger partial charge on any atom is 0.257 e. The van der Waals surface area contributed by atoms with Crippen molar-refractivity contribution in [3.05, 3.63) is 84.4 Å². The van der Waals surface area contributed by atoms with Gasteiger partial charge in [-0.15, -0.1) is 0 Å². The van der Waals surface area contributed by atoms with Crippen LogP contribution in [0.4, 0.5) is 0 Å². The van der Waals surface area contributed by atoms with Gasteiger partial charge in [0.2, 0.25) is 0 Å². The van der Waals surface area contributed by atoms with E-state index in [1.807, 2.05) is 48.5 Å². The smallest absolute Gasteiger partial charge is 0.257 e. The number of phenolic OH excluding ortho intramolecular Hbond substituents is 1. The Morgan fingerprint density at radius 3 is 2.42 bits per heavy atom. The summed E-state index contributed by atoms with van der Waals surface area (Å²) >= 11 is 0. The maximum atomic E-state index is 12.8. The molecule has 1 amide bonds. The van der Waals surface area contributed by atoms with Crippen LogP contribution in [-0.2, 0) is 6.54 Å². The highest BCUT2D eigenvalue weighted by atomic mass is 16.5. The Labute approximate surface area is 152 Å². The van der Waals surface area contributed by atoms with Gasteiger partial charge in [0.1, 0.15) is 18.1 Å². The number of amides is 1. The SMILES string of the molecule is C=CCOc1ccc(CN(C)C(=O)c2cc3ccccc3cc2O)cc1. The molecule has 0 radical (unpaired) electrons. The molecule has 0 saturated carbocycles. The molecule has 0 unspecified atom stereocenters. The van der Waals surface area contributed by atoms with E-state index in [1.54, 1.807) is 30.2 Å². The van der Waals surface area contributed by atoms with Crippen molar-refractivity contribution < 1.29 is 14.6 Å². The molecular formula is C22H21NO3. The molecule has 3 aromatic carbocycles. The van der Waals surface area contributed by atoms with E-state index in [0.717, 1.165) is 22.1 Å². The fraction of sp³-hybridized carbons (Fsp3) is 0.136. The van der Waals surface area contributed by atoms with Crippen molar-refractivity contribution in [2.45, 2.75) is 6.54 Å². The summed E-state index contributed by atoms with van der Waals surface area (Å²) in [6.45, 7) is 4.51. The van der Waals surface area contributed by atoms with Crippen LogP contribution in [-0.4, -0.2) is 29.6 Å². The molecule has 132 valence electrons. The van der Waals surface area contributed by atoms with Gasteiger partial charge in [-0.05, 0) is 40.6 Å². The lowest BCUT2D eigenvalue weighted by molar-refractivity contribution is 0.0782. The number of hydrogen-bond acceptors (Lipinski definition) is 3. The normalized spacial score (nSPS) is 10.5. The Hall–Kier alpha value is -3.27. The van der Waals surface area contributed by atoms with E-state index < -0.39 is 0 Å². The third kappa shape index (κ3) is 3.86. The van der Waals surface area contributed by atoms with Crippen LogP contribution in [0.15, 0.2) is 73.3 Å². The average molecular weight is 347 g/mol. The van der Waals surface area contributed by atoms with Crippen molar-refractivity contribution in [2.75, 3.05) is 13.7 Å². The van der Waals surface area contributed by atoms with E-state index in [1.165, 1.54) is 0 Å². The number of fused-ring (bicyclic) bond motifs is 1. The quantitative estimate of drug-likeness (QED) is 0.673. The predicted octanol–water partition coefficient (Wildman–Crippen LogP) is 4.38. The number of phenols is 1. The second-order valence-corrected chi connectivity index (χ2v) is 6.12. The monoisotopic (exact) mass is 347 g/mol. The zero-order chi connectivity index (χ0) is 18.5. The van der Waals surface area contributed by atoms with Crippen molar-refractivity contribution in [2.24, 2.45) is 0 Å². The number of ether oxygens (including phenoxy) is 1. The standard InChI is InChI=1S/C22H21NO3/c1-3-12-26-19-10-8-16(9-11-19)15-23(2)22(25)20-13-17-6-4-5-7-18(17)14-21(20)24/h3-11,13-14,24H,1,12,15H2,2H3. The lowest BCUT2D eigenvalue weighted by atomic mass is 10.0. The molecule has 0 aromatic heterocycles. The maximum absolute atomic E-state index is 12.8. The van der Waals surface area contributed by atoms with E-state index in [0.29, 0.717) is 18.7 Å². The lowest BCUT2D eigenvalue weighted by Gasteiger charge is -2.18. The molecule has 3 rings (SSSR count). The van der Waals surface area contributed by atoms with Gasteiger partial charge in [-0.1, -0.05) is 49.1 Å². The molecule has 0 atom stereocenters. The molecule has 0 spiro atoms. The van der Waals surface area contributed by atoms with Gasteiger partial charge in [0.05, 0.1) is 5.56 Å². The zero-order valence-corrected chi connectivity index (χ0v) is 14.7. The number of rotatable bonds is 6. The molecule has 26 heavy (non-hydrogen) atoms. The Balaban J connectivity index is 1.75. The molecule has 0 aliphatic rings. The highest BCUT2D eigenvalue weighted by Gasteiger charge is 2.17. The van der Waals surface area contributed by atoms with Gasteiger partial charge < -0.3 is 14.7 Å². The van der Waals surface area contributed by atoms with Gasteiger partial charge in [-0.2, -0.15) is 0 Å². The first-order valence-electron chi connectivity index (χ1n) is 8.38. The Morgan fingerprint density at radius 1 is 1.12 bits per heavy atom. The third-order valence-electron chi connectivity index (χ3n) is 4.15. The number of nitrogens with zero attached hydrogens (tertiary/aromatic N) is 1. The molecule has 4 nitrogen and oxygen atoms in total. The number of carbonyl (C=O) groups excluding carboxylic acids is 1. The van der Waals surface area contributed by atoms with Crippen LogP contribution in [0.1, 0.15) is 15.9 Å².